The molecule has 4 rings (SSSR count). The zero-order valence-electron chi connectivity index (χ0n) is 20.0. The van der Waals surface area contributed by atoms with Crippen molar-refractivity contribution < 1.29 is 9.59 Å². The quantitative estimate of drug-likeness (QED) is 0.591. The molecule has 1 saturated heterocycles. The fourth-order valence-corrected chi connectivity index (χ4v) is 4.22. The van der Waals surface area contributed by atoms with Gasteiger partial charge in [0.2, 0.25) is 0 Å². The van der Waals surface area contributed by atoms with Crippen LogP contribution in [0.5, 0.6) is 0 Å². The van der Waals surface area contributed by atoms with Gasteiger partial charge >= 0.3 is 6.03 Å². The molecule has 2 aromatic heterocycles. The minimum atomic E-state index is -0.273. The van der Waals surface area contributed by atoms with Crippen molar-refractivity contribution in [2.24, 2.45) is 11.8 Å². The van der Waals surface area contributed by atoms with Gasteiger partial charge in [0.1, 0.15) is 12.0 Å². The number of aromatic nitrogens is 3. The van der Waals surface area contributed by atoms with Gasteiger partial charge in [-0.25, -0.2) is 14.8 Å². The van der Waals surface area contributed by atoms with Crippen LogP contribution in [0.4, 0.5) is 10.5 Å². The molecule has 1 atom stereocenters. The molecule has 1 aliphatic heterocycles. The lowest BCUT2D eigenvalue weighted by Gasteiger charge is -2.19. The van der Waals surface area contributed by atoms with Gasteiger partial charge in [0.15, 0.2) is 0 Å². The molecule has 0 spiro atoms. The van der Waals surface area contributed by atoms with Crippen LogP contribution in [0, 0.1) is 18.8 Å². The van der Waals surface area contributed by atoms with Crippen molar-refractivity contribution in [3.8, 4) is 22.4 Å². The number of carbonyl (C=O) groups excluding carboxylic acids is 2. The Morgan fingerprint density at radius 1 is 1.09 bits per heavy atom. The summed E-state index contributed by atoms with van der Waals surface area (Å²) in [4.78, 5) is 39.4. The van der Waals surface area contributed by atoms with Crippen LogP contribution in [-0.4, -0.2) is 51.9 Å². The first-order valence-electron chi connectivity index (χ1n) is 11.5. The van der Waals surface area contributed by atoms with Crippen molar-refractivity contribution in [1.82, 2.24) is 25.2 Å². The number of anilines is 1. The molecule has 0 saturated carbocycles. The van der Waals surface area contributed by atoms with Gasteiger partial charge in [0.25, 0.3) is 5.91 Å². The zero-order chi connectivity index (χ0) is 24.2. The molecule has 3 aromatic rings. The fourth-order valence-electron chi connectivity index (χ4n) is 4.22. The first-order valence-corrected chi connectivity index (χ1v) is 11.5. The van der Waals surface area contributed by atoms with Gasteiger partial charge in [-0.1, -0.05) is 19.9 Å². The van der Waals surface area contributed by atoms with E-state index in [1.165, 1.54) is 6.33 Å². The lowest BCUT2D eigenvalue weighted by Crippen LogP contribution is -2.33. The monoisotopic (exact) mass is 458 g/mol. The molecule has 0 radical (unpaired) electrons. The van der Waals surface area contributed by atoms with Crippen LogP contribution in [0.2, 0.25) is 0 Å². The SMILES string of the molecule is CNC(=O)c1cc(-c2cncc(-c3cc(NC(=O)N4CC[C@H](C(C)C)C4)ccc3C)c2)ncn1. The van der Waals surface area contributed by atoms with Gasteiger partial charge < -0.3 is 15.5 Å². The molecule has 176 valence electrons. The number of nitrogens with zero attached hydrogens (tertiary/aromatic N) is 4. The number of carbonyl (C=O) groups is 2. The number of nitrogens with one attached hydrogen (secondary N) is 2. The Balaban J connectivity index is 1.57. The van der Waals surface area contributed by atoms with E-state index in [1.807, 2.05) is 36.1 Å². The number of urea groups is 1. The van der Waals surface area contributed by atoms with E-state index in [1.54, 1.807) is 25.5 Å². The van der Waals surface area contributed by atoms with Crippen molar-refractivity contribution in [2.75, 3.05) is 25.5 Å². The van der Waals surface area contributed by atoms with Gasteiger partial charge in [-0.15, -0.1) is 0 Å². The molecule has 34 heavy (non-hydrogen) atoms. The van der Waals surface area contributed by atoms with E-state index in [9.17, 15) is 9.59 Å². The second kappa shape index (κ2) is 9.99. The molecule has 1 aliphatic rings. The first-order chi connectivity index (χ1) is 16.4. The molecular weight excluding hydrogens is 428 g/mol. The summed E-state index contributed by atoms with van der Waals surface area (Å²) in [5, 5.41) is 5.63. The number of likely N-dealkylation sites (tertiary alicyclic amines) is 1. The summed E-state index contributed by atoms with van der Waals surface area (Å²) in [5.74, 6) is 0.856. The standard InChI is InChI=1S/C26H30N6O2/c1-16(2)18-7-8-32(14-18)26(34)31-21-6-5-17(3)22(10-21)19-9-20(13-28-12-19)23-11-24(25(33)27-4)30-15-29-23/h5-6,9-13,15-16,18H,7-8,14H2,1-4H3,(H,27,33)(H,31,34)/t18-/m0/s1. The maximum atomic E-state index is 12.8. The molecule has 0 unspecified atom stereocenters. The highest BCUT2D eigenvalue weighted by molar-refractivity contribution is 5.93. The molecule has 1 fully saturated rings. The largest absolute Gasteiger partial charge is 0.354 e. The second-order valence-corrected chi connectivity index (χ2v) is 9.03. The summed E-state index contributed by atoms with van der Waals surface area (Å²) in [6.45, 7) is 8.03. The fraction of sp³-hybridized carbons (Fsp3) is 0.346. The van der Waals surface area contributed by atoms with Crippen molar-refractivity contribution in [2.45, 2.75) is 27.2 Å². The summed E-state index contributed by atoms with van der Waals surface area (Å²) in [6.07, 6.45) is 5.91. The molecule has 8 heteroatoms. The Morgan fingerprint density at radius 3 is 2.62 bits per heavy atom. The van der Waals surface area contributed by atoms with Gasteiger partial charge in [-0.05, 0) is 60.6 Å². The van der Waals surface area contributed by atoms with Gasteiger partial charge in [-0.2, -0.15) is 0 Å². The predicted octanol–water partition coefficient (Wildman–Crippen LogP) is 4.38. The molecule has 1 aromatic carbocycles. The van der Waals surface area contributed by atoms with E-state index in [0.29, 0.717) is 23.2 Å². The van der Waals surface area contributed by atoms with E-state index < -0.39 is 0 Å². The summed E-state index contributed by atoms with van der Waals surface area (Å²) < 4.78 is 0. The second-order valence-electron chi connectivity index (χ2n) is 9.03. The number of pyridine rings is 1. The van der Waals surface area contributed by atoms with Crippen LogP contribution in [0.1, 0.15) is 36.3 Å². The summed E-state index contributed by atoms with van der Waals surface area (Å²) in [6, 6.07) is 9.44. The number of hydrogen-bond donors (Lipinski definition) is 2. The number of rotatable bonds is 5. The van der Waals surface area contributed by atoms with E-state index in [4.69, 9.17) is 0 Å². The van der Waals surface area contributed by atoms with Gasteiger partial charge in [0.05, 0.1) is 5.69 Å². The Morgan fingerprint density at radius 2 is 1.88 bits per heavy atom. The van der Waals surface area contributed by atoms with Crippen LogP contribution in [0.25, 0.3) is 22.4 Å². The minimum absolute atomic E-state index is 0.0625. The summed E-state index contributed by atoms with van der Waals surface area (Å²) in [5.41, 5.74) is 5.34. The van der Waals surface area contributed by atoms with Crippen LogP contribution in [-0.2, 0) is 0 Å². The molecule has 3 heterocycles. The Kier molecular flexibility index (Phi) is 6.86. The smallest absolute Gasteiger partial charge is 0.321 e. The molecule has 0 aliphatic carbocycles. The summed E-state index contributed by atoms with van der Waals surface area (Å²) in [7, 11) is 1.56. The number of aryl methyl sites for hydroxylation is 1. The third kappa shape index (κ3) is 5.06. The Labute approximate surface area is 199 Å². The molecular formula is C26H30N6O2. The van der Waals surface area contributed by atoms with E-state index in [0.717, 1.165) is 47.5 Å². The normalized spacial score (nSPS) is 15.4. The average Bonchev–Trinajstić information content (AvgIpc) is 3.36. The molecule has 3 amide bonds. The van der Waals surface area contributed by atoms with E-state index in [-0.39, 0.29) is 11.9 Å². The third-order valence-electron chi connectivity index (χ3n) is 6.42. The summed E-state index contributed by atoms with van der Waals surface area (Å²) >= 11 is 0. The van der Waals surface area contributed by atoms with E-state index in [2.05, 4.69) is 39.4 Å². The van der Waals surface area contributed by atoms with Crippen molar-refractivity contribution in [3.63, 3.8) is 0 Å². The number of benzene rings is 1. The Hall–Kier alpha value is -3.81. The van der Waals surface area contributed by atoms with Gasteiger partial charge in [-0.3, -0.25) is 9.78 Å². The Bertz CT molecular complexity index is 1210. The van der Waals surface area contributed by atoms with Gasteiger partial charge in [0, 0.05) is 49.3 Å². The topological polar surface area (TPSA) is 100 Å². The molecule has 8 nitrogen and oxygen atoms in total. The van der Waals surface area contributed by atoms with E-state index >= 15 is 0 Å². The van der Waals surface area contributed by atoms with Crippen LogP contribution < -0.4 is 10.6 Å². The zero-order valence-corrected chi connectivity index (χ0v) is 20.0. The van der Waals surface area contributed by atoms with Crippen molar-refractivity contribution in [1.29, 1.82) is 0 Å². The third-order valence-corrected chi connectivity index (χ3v) is 6.42. The minimum Gasteiger partial charge on any atom is -0.354 e. The number of hydrogen-bond acceptors (Lipinski definition) is 5. The predicted molar refractivity (Wildman–Crippen MR) is 132 cm³/mol. The molecule has 0 bridgehead atoms. The maximum absolute atomic E-state index is 12.8. The maximum Gasteiger partial charge on any atom is 0.321 e. The van der Waals surface area contributed by atoms with Crippen molar-refractivity contribution >= 4 is 17.6 Å². The highest BCUT2D eigenvalue weighted by Crippen LogP contribution is 2.30. The average molecular weight is 459 g/mol. The lowest BCUT2D eigenvalue weighted by atomic mass is 9.95. The number of amides is 3. The highest BCUT2D eigenvalue weighted by Gasteiger charge is 2.28. The van der Waals surface area contributed by atoms with Crippen molar-refractivity contribution in [3.05, 3.63) is 60.3 Å². The van der Waals surface area contributed by atoms with Crippen LogP contribution in [0.15, 0.2) is 49.1 Å². The highest BCUT2D eigenvalue weighted by atomic mass is 16.2. The van der Waals surface area contributed by atoms with Crippen LogP contribution in [0.3, 0.4) is 0 Å². The molecule has 2 N–H and O–H groups in total. The first kappa shape index (κ1) is 23.4. The lowest BCUT2D eigenvalue weighted by molar-refractivity contribution is 0.0958. The van der Waals surface area contributed by atoms with Crippen LogP contribution >= 0.6 is 0 Å².